The molecule has 1 fully saturated rings. The Hall–Kier alpha value is -0.650. The Morgan fingerprint density at radius 1 is 1.50 bits per heavy atom. The lowest BCUT2D eigenvalue weighted by Crippen LogP contribution is -2.53. The third-order valence-corrected chi connectivity index (χ3v) is 2.60. The molecule has 0 aliphatic carbocycles. The smallest absolute Gasteiger partial charge is 0.253 e. The number of carbonyl (C=O) groups is 1. The van der Waals surface area contributed by atoms with Crippen molar-refractivity contribution in [1.29, 1.82) is 0 Å². The summed E-state index contributed by atoms with van der Waals surface area (Å²) in [7, 11) is 0. The Balaban J connectivity index is 2.64. The molecule has 3 N–H and O–H groups in total. The third kappa shape index (κ3) is 2.43. The van der Waals surface area contributed by atoms with Crippen LogP contribution in [0.5, 0.6) is 0 Å². The van der Waals surface area contributed by atoms with Crippen molar-refractivity contribution in [2.75, 3.05) is 6.54 Å². The van der Waals surface area contributed by atoms with E-state index in [9.17, 15) is 4.79 Å². The van der Waals surface area contributed by atoms with Crippen molar-refractivity contribution in [2.45, 2.75) is 45.2 Å². The van der Waals surface area contributed by atoms with Gasteiger partial charge in [-0.2, -0.15) is 0 Å². The van der Waals surface area contributed by atoms with Gasteiger partial charge in [0.1, 0.15) is 0 Å². The standard InChI is InChI=1S/C9H19N3O2/c1-9(2,3)12-6-4-5-7(12)8(13)10-11-14/h7,11,14H,4-6H2,1-3H3,(H,10,13). The first-order chi connectivity index (χ1) is 6.46. The quantitative estimate of drug-likeness (QED) is 0.561. The molecule has 5 nitrogen and oxygen atoms in total. The number of nitrogens with zero attached hydrogens (tertiary/aromatic N) is 1. The molecule has 0 spiro atoms. The summed E-state index contributed by atoms with van der Waals surface area (Å²) >= 11 is 0. The Bertz CT molecular complexity index is 213. The molecule has 1 aliphatic heterocycles. The summed E-state index contributed by atoms with van der Waals surface area (Å²) in [4.78, 5) is 13.7. The molecule has 0 radical (unpaired) electrons. The van der Waals surface area contributed by atoms with Gasteiger partial charge in [-0.3, -0.25) is 20.3 Å². The second kappa shape index (κ2) is 4.25. The molecule has 0 aromatic carbocycles. The van der Waals surface area contributed by atoms with Crippen molar-refractivity contribution in [1.82, 2.24) is 15.9 Å². The number of hydrogen-bond acceptors (Lipinski definition) is 4. The number of hydrazine groups is 1. The number of amides is 1. The fourth-order valence-electron chi connectivity index (χ4n) is 1.98. The zero-order valence-corrected chi connectivity index (χ0v) is 9.00. The molecule has 1 rings (SSSR count). The van der Waals surface area contributed by atoms with Crippen LogP contribution in [-0.4, -0.2) is 34.1 Å². The van der Waals surface area contributed by atoms with Gasteiger partial charge in [0.25, 0.3) is 5.91 Å². The first-order valence-corrected chi connectivity index (χ1v) is 4.92. The predicted octanol–water partition coefficient (Wildman–Crippen LogP) is 0.259. The minimum absolute atomic E-state index is 0.00599. The second-order valence-electron chi connectivity index (χ2n) is 4.62. The van der Waals surface area contributed by atoms with Crippen LogP contribution in [0.4, 0.5) is 0 Å². The largest absolute Gasteiger partial charge is 0.297 e. The van der Waals surface area contributed by atoms with Gasteiger partial charge >= 0.3 is 0 Å². The van der Waals surface area contributed by atoms with E-state index in [0.29, 0.717) is 0 Å². The first kappa shape index (κ1) is 11.4. The van der Waals surface area contributed by atoms with Crippen molar-refractivity contribution in [3.05, 3.63) is 0 Å². The van der Waals surface area contributed by atoms with Crippen LogP contribution in [0.1, 0.15) is 33.6 Å². The van der Waals surface area contributed by atoms with Gasteiger partial charge in [-0.1, -0.05) is 0 Å². The average Bonchev–Trinajstić information content (AvgIpc) is 2.50. The molecule has 0 aromatic heterocycles. The van der Waals surface area contributed by atoms with Gasteiger partial charge in [0.2, 0.25) is 0 Å². The lowest BCUT2D eigenvalue weighted by atomic mass is 10.0. The van der Waals surface area contributed by atoms with Crippen LogP contribution in [0.2, 0.25) is 0 Å². The van der Waals surface area contributed by atoms with Gasteiger partial charge in [-0.25, -0.2) is 0 Å². The van der Waals surface area contributed by atoms with E-state index in [1.54, 1.807) is 5.59 Å². The highest BCUT2D eigenvalue weighted by Crippen LogP contribution is 2.26. The van der Waals surface area contributed by atoms with E-state index in [0.717, 1.165) is 19.4 Å². The molecular weight excluding hydrogens is 182 g/mol. The van der Waals surface area contributed by atoms with E-state index in [1.165, 1.54) is 0 Å². The second-order valence-corrected chi connectivity index (χ2v) is 4.62. The van der Waals surface area contributed by atoms with E-state index in [-0.39, 0.29) is 17.5 Å². The van der Waals surface area contributed by atoms with Crippen LogP contribution in [0, 0.1) is 0 Å². The van der Waals surface area contributed by atoms with Crippen LogP contribution < -0.4 is 11.0 Å². The monoisotopic (exact) mass is 201 g/mol. The average molecular weight is 201 g/mol. The van der Waals surface area contributed by atoms with Crippen LogP contribution >= 0.6 is 0 Å². The summed E-state index contributed by atoms with van der Waals surface area (Å²) in [5.41, 5.74) is 3.90. The third-order valence-electron chi connectivity index (χ3n) is 2.60. The topological polar surface area (TPSA) is 64.6 Å². The van der Waals surface area contributed by atoms with Gasteiger partial charge in [-0.15, -0.1) is 5.59 Å². The molecular formula is C9H19N3O2. The number of nitrogens with one attached hydrogen (secondary N) is 2. The highest BCUT2D eigenvalue weighted by atomic mass is 16.5. The Labute approximate surface area is 84.4 Å². The lowest BCUT2D eigenvalue weighted by Gasteiger charge is -2.35. The van der Waals surface area contributed by atoms with E-state index in [4.69, 9.17) is 5.21 Å². The van der Waals surface area contributed by atoms with Crippen molar-refractivity contribution < 1.29 is 10.0 Å². The molecule has 1 aliphatic rings. The van der Waals surface area contributed by atoms with Crippen LogP contribution in [0.3, 0.4) is 0 Å². The zero-order valence-electron chi connectivity index (χ0n) is 9.00. The molecule has 14 heavy (non-hydrogen) atoms. The fraction of sp³-hybridized carbons (Fsp3) is 0.889. The first-order valence-electron chi connectivity index (χ1n) is 4.92. The van der Waals surface area contributed by atoms with Gasteiger partial charge in [0.15, 0.2) is 0 Å². The maximum absolute atomic E-state index is 11.5. The van der Waals surface area contributed by atoms with Crippen LogP contribution in [-0.2, 0) is 4.79 Å². The van der Waals surface area contributed by atoms with E-state index in [2.05, 4.69) is 31.1 Å². The van der Waals surface area contributed by atoms with Crippen LogP contribution in [0.15, 0.2) is 0 Å². The molecule has 1 unspecified atom stereocenters. The minimum atomic E-state index is -0.167. The normalized spacial score (nSPS) is 23.9. The van der Waals surface area contributed by atoms with Gasteiger partial charge in [-0.05, 0) is 40.2 Å². The summed E-state index contributed by atoms with van der Waals surface area (Å²) in [5.74, 6) is -0.167. The van der Waals surface area contributed by atoms with Crippen molar-refractivity contribution in [3.63, 3.8) is 0 Å². The summed E-state index contributed by atoms with van der Waals surface area (Å²) in [6, 6.07) is -0.130. The highest BCUT2D eigenvalue weighted by molar-refractivity contribution is 5.81. The van der Waals surface area contributed by atoms with Crippen LogP contribution in [0.25, 0.3) is 0 Å². The zero-order chi connectivity index (χ0) is 10.8. The Morgan fingerprint density at radius 2 is 2.14 bits per heavy atom. The molecule has 1 saturated heterocycles. The Morgan fingerprint density at radius 3 is 2.64 bits per heavy atom. The lowest BCUT2D eigenvalue weighted by molar-refractivity contribution is -0.131. The summed E-state index contributed by atoms with van der Waals surface area (Å²) < 4.78 is 0. The minimum Gasteiger partial charge on any atom is -0.297 e. The molecule has 5 heteroatoms. The molecule has 0 aromatic rings. The summed E-state index contributed by atoms with van der Waals surface area (Å²) in [6.45, 7) is 7.20. The number of hydrogen-bond donors (Lipinski definition) is 3. The fourth-order valence-corrected chi connectivity index (χ4v) is 1.98. The Kier molecular flexibility index (Phi) is 3.47. The number of likely N-dealkylation sites (tertiary alicyclic amines) is 1. The molecule has 0 bridgehead atoms. The van der Waals surface area contributed by atoms with E-state index in [1.807, 2.05) is 0 Å². The van der Waals surface area contributed by atoms with E-state index < -0.39 is 0 Å². The number of rotatable bonds is 2. The van der Waals surface area contributed by atoms with Crippen molar-refractivity contribution in [2.24, 2.45) is 0 Å². The van der Waals surface area contributed by atoms with Gasteiger partial charge in [0, 0.05) is 5.54 Å². The molecule has 1 atom stereocenters. The number of carbonyl (C=O) groups excluding carboxylic acids is 1. The molecule has 82 valence electrons. The SMILES string of the molecule is CC(C)(C)N1CCCC1C(=O)NNO. The van der Waals surface area contributed by atoms with Crippen molar-refractivity contribution in [3.8, 4) is 0 Å². The predicted molar refractivity (Wildman–Crippen MR) is 52.5 cm³/mol. The van der Waals surface area contributed by atoms with Gasteiger partial charge < -0.3 is 0 Å². The van der Waals surface area contributed by atoms with E-state index >= 15 is 0 Å². The molecule has 1 heterocycles. The maximum atomic E-state index is 11.5. The summed E-state index contributed by atoms with van der Waals surface area (Å²) in [5, 5.41) is 8.39. The van der Waals surface area contributed by atoms with Crippen molar-refractivity contribution >= 4 is 5.91 Å². The molecule has 1 amide bonds. The highest BCUT2D eigenvalue weighted by Gasteiger charge is 2.36. The molecule has 0 saturated carbocycles. The maximum Gasteiger partial charge on any atom is 0.253 e. The van der Waals surface area contributed by atoms with Gasteiger partial charge in [0.05, 0.1) is 6.04 Å². The summed E-state index contributed by atoms with van der Waals surface area (Å²) in [6.07, 6.45) is 1.88.